The number of carbonyl (C=O) groups excluding carboxylic acids is 1. The largest absolute Gasteiger partial charge is 0.294 e. The van der Waals surface area contributed by atoms with Gasteiger partial charge in [0.05, 0.1) is 0 Å². The van der Waals surface area contributed by atoms with Crippen molar-refractivity contribution in [3.63, 3.8) is 0 Å². The number of aromatic nitrogens is 1. The second-order valence-corrected chi connectivity index (χ2v) is 3.79. The van der Waals surface area contributed by atoms with Crippen LogP contribution in [-0.4, -0.2) is 16.9 Å². The molecule has 1 saturated heterocycles. The Morgan fingerprint density at radius 2 is 2.29 bits per heavy atom. The molecule has 3 nitrogen and oxygen atoms in total. The summed E-state index contributed by atoms with van der Waals surface area (Å²) < 4.78 is 0. The van der Waals surface area contributed by atoms with Gasteiger partial charge >= 0.3 is 0 Å². The number of aryl methyl sites for hydroxylation is 1. The molecule has 74 valence electrons. The number of pyridine rings is 1. The van der Waals surface area contributed by atoms with E-state index >= 15 is 0 Å². The molecule has 2 heterocycles. The molecule has 1 atom stereocenters. The Morgan fingerprint density at radius 1 is 1.50 bits per heavy atom. The van der Waals surface area contributed by atoms with E-state index in [1.807, 2.05) is 25.1 Å². The highest BCUT2D eigenvalue weighted by Gasteiger charge is 2.29. The first-order valence-corrected chi connectivity index (χ1v) is 4.94. The van der Waals surface area contributed by atoms with Crippen LogP contribution >= 0.6 is 0 Å². The molecule has 1 aromatic heterocycles. The predicted octanol–water partition coefficient (Wildman–Crippen LogP) is 1.91. The highest BCUT2D eigenvalue weighted by Crippen LogP contribution is 2.24. The van der Waals surface area contributed by atoms with E-state index in [1.165, 1.54) is 0 Å². The fourth-order valence-electron chi connectivity index (χ4n) is 1.84. The van der Waals surface area contributed by atoms with Crippen LogP contribution in [0.3, 0.4) is 0 Å². The first-order chi connectivity index (χ1) is 6.68. The smallest absolute Gasteiger partial charge is 0.228 e. The zero-order valence-electron chi connectivity index (χ0n) is 8.53. The molecule has 14 heavy (non-hydrogen) atoms. The third-order valence-electron chi connectivity index (χ3n) is 2.61. The lowest BCUT2D eigenvalue weighted by molar-refractivity contribution is -0.117. The van der Waals surface area contributed by atoms with Gasteiger partial charge in [-0.05, 0) is 32.4 Å². The topological polar surface area (TPSA) is 33.2 Å². The summed E-state index contributed by atoms with van der Waals surface area (Å²) in [5, 5.41) is 0. The van der Waals surface area contributed by atoms with E-state index in [9.17, 15) is 4.79 Å². The summed E-state index contributed by atoms with van der Waals surface area (Å²) in [5.74, 6) is 0.982. The maximum Gasteiger partial charge on any atom is 0.228 e. The zero-order chi connectivity index (χ0) is 10.1. The molecule has 1 fully saturated rings. The molecule has 0 saturated carbocycles. The number of nitrogens with zero attached hydrogens (tertiary/aromatic N) is 2. The van der Waals surface area contributed by atoms with Crippen molar-refractivity contribution in [2.45, 2.75) is 32.7 Å². The van der Waals surface area contributed by atoms with Crippen molar-refractivity contribution < 1.29 is 4.79 Å². The molecular formula is C11H14N2O. The van der Waals surface area contributed by atoms with E-state index in [2.05, 4.69) is 11.9 Å². The number of hydrogen-bond donors (Lipinski definition) is 0. The molecule has 1 unspecified atom stereocenters. The quantitative estimate of drug-likeness (QED) is 0.677. The molecule has 0 spiro atoms. The summed E-state index contributed by atoms with van der Waals surface area (Å²) in [7, 11) is 0. The van der Waals surface area contributed by atoms with E-state index in [-0.39, 0.29) is 11.9 Å². The molecule has 1 aromatic rings. The SMILES string of the molecule is Cc1cccc(N2C(=O)CCC2C)n1. The number of amides is 1. The van der Waals surface area contributed by atoms with Gasteiger partial charge in [0, 0.05) is 18.2 Å². The third-order valence-corrected chi connectivity index (χ3v) is 2.61. The predicted molar refractivity (Wildman–Crippen MR) is 55.2 cm³/mol. The van der Waals surface area contributed by atoms with E-state index < -0.39 is 0 Å². The van der Waals surface area contributed by atoms with Crippen LogP contribution in [0.1, 0.15) is 25.5 Å². The van der Waals surface area contributed by atoms with Gasteiger partial charge in [0.1, 0.15) is 5.82 Å². The Hall–Kier alpha value is -1.38. The summed E-state index contributed by atoms with van der Waals surface area (Å²) in [6.07, 6.45) is 1.59. The van der Waals surface area contributed by atoms with E-state index in [0.29, 0.717) is 6.42 Å². The fraction of sp³-hybridized carbons (Fsp3) is 0.455. The number of carbonyl (C=O) groups is 1. The van der Waals surface area contributed by atoms with Crippen molar-refractivity contribution in [2.24, 2.45) is 0 Å². The molecule has 0 aromatic carbocycles. The third kappa shape index (κ3) is 1.50. The van der Waals surface area contributed by atoms with Crippen molar-refractivity contribution >= 4 is 11.7 Å². The average molecular weight is 190 g/mol. The molecular weight excluding hydrogens is 176 g/mol. The van der Waals surface area contributed by atoms with Crippen molar-refractivity contribution in [1.82, 2.24) is 4.98 Å². The summed E-state index contributed by atoms with van der Waals surface area (Å²) >= 11 is 0. The molecule has 0 aliphatic carbocycles. The van der Waals surface area contributed by atoms with E-state index in [1.54, 1.807) is 4.90 Å². The molecule has 0 bridgehead atoms. The van der Waals surface area contributed by atoms with Crippen LogP contribution in [0, 0.1) is 6.92 Å². The van der Waals surface area contributed by atoms with Crippen LogP contribution in [0.25, 0.3) is 0 Å². The molecule has 0 radical (unpaired) electrons. The van der Waals surface area contributed by atoms with E-state index in [0.717, 1.165) is 17.9 Å². The van der Waals surface area contributed by atoms with Gasteiger partial charge in [-0.15, -0.1) is 0 Å². The van der Waals surface area contributed by atoms with Crippen molar-refractivity contribution in [3.05, 3.63) is 23.9 Å². The minimum absolute atomic E-state index is 0.190. The maximum atomic E-state index is 11.6. The highest BCUT2D eigenvalue weighted by atomic mass is 16.2. The second-order valence-electron chi connectivity index (χ2n) is 3.79. The van der Waals surface area contributed by atoms with Crippen LogP contribution in [-0.2, 0) is 4.79 Å². The second kappa shape index (κ2) is 3.40. The van der Waals surface area contributed by atoms with Gasteiger partial charge in [-0.25, -0.2) is 4.98 Å². The van der Waals surface area contributed by atoms with Crippen molar-refractivity contribution in [2.75, 3.05) is 4.90 Å². The average Bonchev–Trinajstić information content (AvgIpc) is 2.46. The Kier molecular flexibility index (Phi) is 2.23. The van der Waals surface area contributed by atoms with Crippen molar-refractivity contribution in [1.29, 1.82) is 0 Å². The summed E-state index contributed by atoms with van der Waals surface area (Å²) in [5.41, 5.74) is 0.953. The lowest BCUT2D eigenvalue weighted by Crippen LogP contribution is -2.31. The number of rotatable bonds is 1. The Bertz CT molecular complexity index is 362. The fourth-order valence-corrected chi connectivity index (χ4v) is 1.84. The number of hydrogen-bond acceptors (Lipinski definition) is 2. The minimum Gasteiger partial charge on any atom is -0.294 e. The summed E-state index contributed by atoms with van der Waals surface area (Å²) in [6.45, 7) is 4.00. The van der Waals surface area contributed by atoms with Crippen molar-refractivity contribution in [3.8, 4) is 0 Å². The summed E-state index contributed by atoms with van der Waals surface area (Å²) in [4.78, 5) is 17.7. The first-order valence-electron chi connectivity index (χ1n) is 4.94. The zero-order valence-corrected chi connectivity index (χ0v) is 8.53. The lowest BCUT2D eigenvalue weighted by atomic mass is 10.2. The normalized spacial score (nSPS) is 21.7. The highest BCUT2D eigenvalue weighted by molar-refractivity contribution is 5.95. The molecule has 1 aliphatic heterocycles. The van der Waals surface area contributed by atoms with Gasteiger partial charge in [-0.2, -0.15) is 0 Å². The Morgan fingerprint density at radius 3 is 2.86 bits per heavy atom. The van der Waals surface area contributed by atoms with Gasteiger partial charge in [0.2, 0.25) is 5.91 Å². The van der Waals surface area contributed by atoms with Crippen LogP contribution in [0.2, 0.25) is 0 Å². The Balaban J connectivity index is 2.34. The monoisotopic (exact) mass is 190 g/mol. The first kappa shape index (κ1) is 9.19. The van der Waals surface area contributed by atoms with Crippen LogP contribution < -0.4 is 4.90 Å². The van der Waals surface area contributed by atoms with Crippen LogP contribution in [0.4, 0.5) is 5.82 Å². The van der Waals surface area contributed by atoms with E-state index in [4.69, 9.17) is 0 Å². The van der Waals surface area contributed by atoms with Gasteiger partial charge in [0.25, 0.3) is 0 Å². The molecule has 2 rings (SSSR count). The summed E-state index contributed by atoms with van der Waals surface area (Å²) in [6, 6.07) is 6.06. The van der Waals surface area contributed by atoms with Crippen LogP contribution in [0.5, 0.6) is 0 Å². The van der Waals surface area contributed by atoms with Gasteiger partial charge in [-0.1, -0.05) is 6.07 Å². The van der Waals surface area contributed by atoms with Gasteiger partial charge < -0.3 is 0 Å². The van der Waals surface area contributed by atoms with Gasteiger partial charge in [0.15, 0.2) is 0 Å². The molecule has 1 aliphatic rings. The Labute approximate surface area is 83.8 Å². The molecule has 3 heteroatoms. The minimum atomic E-state index is 0.190. The van der Waals surface area contributed by atoms with Gasteiger partial charge in [-0.3, -0.25) is 9.69 Å². The number of anilines is 1. The standard InChI is InChI=1S/C11H14N2O/c1-8-4-3-5-10(12-8)13-9(2)6-7-11(13)14/h3-5,9H,6-7H2,1-2H3. The molecule has 0 N–H and O–H groups in total. The lowest BCUT2D eigenvalue weighted by Gasteiger charge is -2.20. The molecule has 1 amide bonds. The van der Waals surface area contributed by atoms with Crippen LogP contribution in [0.15, 0.2) is 18.2 Å². The maximum absolute atomic E-state index is 11.6.